The Morgan fingerprint density at radius 2 is 2.28 bits per heavy atom. The Morgan fingerprint density at radius 1 is 1.61 bits per heavy atom. The van der Waals surface area contributed by atoms with E-state index in [0.29, 0.717) is 5.69 Å². The van der Waals surface area contributed by atoms with Gasteiger partial charge in [-0.1, -0.05) is 6.92 Å². The number of nitrogens with zero attached hydrogens (tertiary/aromatic N) is 1. The minimum Gasteiger partial charge on any atom is -0.478 e. The lowest BCUT2D eigenvalue weighted by molar-refractivity contribution is -0.713. The monoisotopic (exact) mass is 269 g/mol. The minimum absolute atomic E-state index is 0.251. The molecule has 0 aliphatic heterocycles. The summed E-state index contributed by atoms with van der Waals surface area (Å²) in [6.45, 7) is 5.66. The van der Waals surface area contributed by atoms with Gasteiger partial charge in [-0.15, -0.1) is 11.8 Å². The van der Waals surface area contributed by atoms with Crippen molar-refractivity contribution in [2.24, 2.45) is 0 Å². The normalized spacial score (nSPS) is 9.94. The number of nitrogens with one attached hydrogen (secondary N) is 1. The third-order valence-electron chi connectivity index (χ3n) is 2.39. The molecule has 0 fully saturated rings. The maximum absolute atomic E-state index is 11.2. The predicted octanol–water partition coefficient (Wildman–Crippen LogP) is 2.44. The first-order valence-electron chi connectivity index (χ1n) is 5.41. The van der Waals surface area contributed by atoms with E-state index in [9.17, 15) is 9.90 Å². The average Bonchev–Trinajstić information content (AvgIpc) is 2.37. The zero-order valence-corrected chi connectivity index (χ0v) is 11.5. The van der Waals surface area contributed by atoms with Gasteiger partial charge in [-0.25, -0.2) is 4.79 Å². The molecule has 0 atom stereocenters. The second kappa shape index (κ2) is 6.30. The summed E-state index contributed by atoms with van der Waals surface area (Å²) in [6, 6.07) is 3.35. The molecule has 6 heteroatoms. The molecule has 0 heterocycles. The van der Waals surface area contributed by atoms with Gasteiger partial charge in [0.25, 0.3) is 5.69 Å². The number of anilines is 1. The lowest BCUT2D eigenvalue weighted by atomic mass is 10.1. The molecule has 5 nitrogen and oxygen atoms in total. The molecule has 0 aliphatic rings. The predicted molar refractivity (Wildman–Crippen MR) is 73.4 cm³/mol. The van der Waals surface area contributed by atoms with Gasteiger partial charge in [0.2, 0.25) is 0 Å². The van der Waals surface area contributed by atoms with Gasteiger partial charge >= 0.3 is 5.97 Å². The molecule has 0 unspecified atom stereocenters. The van der Waals surface area contributed by atoms with E-state index < -0.39 is 5.97 Å². The van der Waals surface area contributed by atoms with Crippen molar-refractivity contribution in [1.29, 1.82) is 0 Å². The molecule has 0 radical (unpaired) electrons. The first-order chi connectivity index (χ1) is 8.54. The zero-order valence-electron chi connectivity index (χ0n) is 10.7. The standard InChI is InChI=1S/C12H16N2O3S/c1-5-18-11-7-9(13-2)10(14(3)17-4)6-8(11)12(15)16/h6-7,13H,3,5H2,1-2,4H3/p+1. The maximum Gasteiger partial charge on any atom is 0.337 e. The van der Waals surface area contributed by atoms with Crippen molar-refractivity contribution in [2.75, 3.05) is 25.2 Å². The lowest BCUT2D eigenvalue weighted by Gasteiger charge is -2.09. The second-order valence-electron chi connectivity index (χ2n) is 3.41. The van der Waals surface area contributed by atoms with Crippen LogP contribution in [0.15, 0.2) is 17.0 Å². The Hall–Kier alpha value is -1.69. The molecule has 98 valence electrons. The van der Waals surface area contributed by atoms with E-state index in [0.717, 1.165) is 16.3 Å². The molecule has 0 saturated heterocycles. The highest BCUT2D eigenvalue weighted by Gasteiger charge is 2.21. The third-order valence-corrected chi connectivity index (χ3v) is 3.32. The molecule has 1 aromatic rings. The summed E-state index contributed by atoms with van der Waals surface area (Å²) in [5.41, 5.74) is 1.60. The van der Waals surface area contributed by atoms with E-state index >= 15 is 0 Å². The first-order valence-corrected chi connectivity index (χ1v) is 6.40. The number of hydrogen-bond acceptors (Lipinski definition) is 4. The zero-order chi connectivity index (χ0) is 13.7. The smallest absolute Gasteiger partial charge is 0.337 e. The molecule has 1 rings (SSSR count). The van der Waals surface area contributed by atoms with E-state index in [-0.39, 0.29) is 5.56 Å². The van der Waals surface area contributed by atoms with Gasteiger partial charge in [0.05, 0.1) is 5.56 Å². The highest BCUT2D eigenvalue weighted by molar-refractivity contribution is 7.99. The molecule has 0 amide bonds. The van der Waals surface area contributed by atoms with Crippen LogP contribution in [0, 0.1) is 0 Å². The highest BCUT2D eigenvalue weighted by Crippen LogP contribution is 2.33. The number of benzene rings is 1. The molecule has 0 saturated carbocycles. The number of carbonyl (C=O) groups is 1. The maximum atomic E-state index is 11.2. The summed E-state index contributed by atoms with van der Waals surface area (Å²) < 4.78 is 1.28. The van der Waals surface area contributed by atoms with Crippen LogP contribution in [-0.2, 0) is 4.84 Å². The fourth-order valence-electron chi connectivity index (χ4n) is 1.52. The van der Waals surface area contributed by atoms with Crippen LogP contribution < -0.4 is 5.32 Å². The van der Waals surface area contributed by atoms with Gasteiger partial charge in [-0.05, 0) is 11.8 Å². The summed E-state index contributed by atoms with van der Waals surface area (Å²) in [7, 11) is 3.24. The Balaban J connectivity index is 3.40. The quantitative estimate of drug-likeness (QED) is 0.359. The summed E-state index contributed by atoms with van der Waals surface area (Å²) in [5, 5.41) is 12.2. The average molecular weight is 269 g/mol. The van der Waals surface area contributed by atoms with Crippen molar-refractivity contribution in [3.05, 3.63) is 17.7 Å². The van der Waals surface area contributed by atoms with Gasteiger partial charge in [0.1, 0.15) is 12.8 Å². The molecule has 0 bridgehead atoms. The van der Waals surface area contributed by atoms with E-state index in [1.807, 2.05) is 6.92 Å². The number of aromatic carboxylic acids is 1. The van der Waals surface area contributed by atoms with Crippen molar-refractivity contribution in [2.45, 2.75) is 11.8 Å². The second-order valence-corrected chi connectivity index (χ2v) is 4.72. The van der Waals surface area contributed by atoms with Crippen LogP contribution in [0.3, 0.4) is 0 Å². The van der Waals surface area contributed by atoms with Gasteiger partial charge < -0.3 is 10.4 Å². The van der Waals surface area contributed by atoms with Crippen molar-refractivity contribution >= 4 is 35.8 Å². The van der Waals surface area contributed by atoms with Crippen molar-refractivity contribution < 1.29 is 19.5 Å². The molecule has 0 aromatic heterocycles. The van der Waals surface area contributed by atoms with Crippen molar-refractivity contribution in [3.63, 3.8) is 0 Å². The van der Waals surface area contributed by atoms with Crippen LogP contribution in [0.4, 0.5) is 11.4 Å². The molecule has 18 heavy (non-hydrogen) atoms. The van der Waals surface area contributed by atoms with E-state index in [1.165, 1.54) is 23.6 Å². The van der Waals surface area contributed by atoms with Crippen LogP contribution in [0.5, 0.6) is 0 Å². The van der Waals surface area contributed by atoms with Crippen LogP contribution >= 0.6 is 11.8 Å². The molecule has 2 N–H and O–H groups in total. The van der Waals surface area contributed by atoms with Crippen LogP contribution in [0.2, 0.25) is 0 Å². The Bertz CT molecular complexity index is 475. The Morgan fingerprint density at radius 3 is 2.72 bits per heavy atom. The largest absolute Gasteiger partial charge is 0.478 e. The van der Waals surface area contributed by atoms with Gasteiger partial charge in [-0.2, -0.15) is 0 Å². The first kappa shape index (κ1) is 14.4. The number of thioether (sulfide) groups is 1. The number of hydrogen-bond donors (Lipinski definition) is 2. The Labute approximate surface area is 110 Å². The van der Waals surface area contributed by atoms with Crippen molar-refractivity contribution in [3.8, 4) is 0 Å². The topological polar surface area (TPSA) is 61.6 Å². The molecule has 0 spiro atoms. The van der Waals surface area contributed by atoms with E-state index in [1.54, 1.807) is 19.2 Å². The van der Waals surface area contributed by atoms with E-state index in [2.05, 4.69) is 12.0 Å². The fourth-order valence-corrected chi connectivity index (χ4v) is 2.33. The minimum atomic E-state index is -0.959. The number of carboxylic acid groups (broad SMARTS) is 1. The summed E-state index contributed by atoms with van der Waals surface area (Å²) >= 11 is 1.49. The summed E-state index contributed by atoms with van der Waals surface area (Å²) in [4.78, 5) is 17.0. The van der Waals surface area contributed by atoms with Gasteiger partial charge in [-0.3, -0.25) is 4.84 Å². The van der Waals surface area contributed by atoms with Gasteiger partial charge in [0, 0.05) is 22.7 Å². The van der Waals surface area contributed by atoms with Crippen LogP contribution in [-0.4, -0.2) is 42.4 Å². The van der Waals surface area contributed by atoms with Crippen molar-refractivity contribution in [1.82, 2.24) is 0 Å². The Kier molecular flexibility index (Phi) is 5.03. The third kappa shape index (κ3) is 2.95. The van der Waals surface area contributed by atoms with E-state index in [4.69, 9.17) is 4.84 Å². The lowest BCUT2D eigenvalue weighted by Crippen LogP contribution is -2.07. The molecular weight excluding hydrogens is 252 g/mol. The van der Waals surface area contributed by atoms with Crippen LogP contribution in [0.25, 0.3) is 0 Å². The summed E-state index contributed by atoms with van der Waals surface area (Å²) in [5.74, 6) is -0.152. The fraction of sp³-hybridized carbons (Fsp3) is 0.333. The molecule has 1 aromatic carbocycles. The number of carboxylic acids is 1. The van der Waals surface area contributed by atoms with Crippen LogP contribution in [0.1, 0.15) is 17.3 Å². The summed E-state index contributed by atoms with van der Waals surface area (Å²) in [6.07, 6.45) is 0. The highest BCUT2D eigenvalue weighted by atomic mass is 32.2. The number of rotatable bonds is 6. The SMILES string of the molecule is C=[N+](OC)c1cc(C(=O)O)c(SCC)cc1NC. The van der Waals surface area contributed by atoms with Gasteiger partial charge in [0.15, 0.2) is 6.72 Å². The molecule has 0 aliphatic carbocycles. The molecular formula is C12H17N2O3S+.